The number of aromatic carboxylic acids is 1. The zero-order valence-corrected chi connectivity index (χ0v) is 12.9. The highest BCUT2D eigenvalue weighted by molar-refractivity contribution is 7.15. The number of nitrogens with zero attached hydrogens (tertiary/aromatic N) is 1. The minimum absolute atomic E-state index is 0.00135. The molecule has 0 fully saturated rings. The number of halogens is 1. The number of thiophene rings is 1. The minimum Gasteiger partial charge on any atom is -0.507 e. The Morgan fingerprint density at radius 3 is 2.55 bits per heavy atom. The van der Waals surface area contributed by atoms with Crippen LogP contribution in [0.3, 0.4) is 0 Å². The Labute approximate surface area is 134 Å². The summed E-state index contributed by atoms with van der Waals surface area (Å²) in [7, 11) is 0. The number of carboxylic acids is 1. The zero-order chi connectivity index (χ0) is 16.3. The third kappa shape index (κ3) is 3.63. The molecule has 0 radical (unpaired) electrons. The highest BCUT2D eigenvalue weighted by Crippen LogP contribution is 2.21. The van der Waals surface area contributed by atoms with E-state index >= 15 is 0 Å². The van der Waals surface area contributed by atoms with Crippen molar-refractivity contribution in [2.45, 2.75) is 6.92 Å². The van der Waals surface area contributed by atoms with E-state index in [0.717, 1.165) is 11.3 Å². The van der Waals surface area contributed by atoms with Crippen molar-refractivity contribution >= 4 is 40.5 Å². The summed E-state index contributed by atoms with van der Waals surface area (Å²) in [6.07, 6.45) is 0. The molecule has 114 valence electrons. The summed E-state index contributed by atoms with van der Waals surface area (Å²) in [4.78, 5) is 23.6. The Morgan fingerprint density at radius 2 is 1.91 bits per heavy atom. The van der Waals surface area contributed by atoms with Crippen LogP contribution in [0.1, 0.15) is 31.8 Å². The quantitative estimate of drug-likeness (QED) is 0.589. The average Bonchev–Trinajstić information content (AvgIpc) is 2.97. The maximum atomic E-state index is 11.9. The predicted molar refractivity (Wildman–Crippen MR) is 84.1 cm³/mol. The fourth-order valence-electron chi connectivity index (χ4n) is 1.59. The highest BCUT2D eigenvalue weighted by atomic mass is 35.5. The summed E-state index contributed by atoms with van der Waals surface area (Å²) in [6, 6.07) is 7.17. The number of nitrogens with one attached hydrogen (secondary N) is 1. The lowest BCUT2D eigenvalue weighted by atomic mass is 10.2. The molecular formula is C14H11ClN2O4S. The number of aromatic hydroxyl groups is 1. The Bertz CT molecular complexity index is 770. The summed E-state index contributed by atoms with van der Waals surface area (Å²) in [5.41, 5.74) is 2.75. The van der Waals surface area contributed by atoms with Gasteiger partial charge in [0.15, 0.2) is 0 Å². The third-order valence-electron chi connectivity index (χ3n) is 2.70. The fourth-order valence-corrected chi connectivity index (χ4v) is 2.55. The number of benzene rings is 1. The van der Waals surface area contributed by atoms with E-state index < -0.39 is 11.9 Å². The van der Waals surface area contributed by atoms with Crippen LogP contribution in [0.2, 0.25) is 5.02 Å². The molecule has 0 aliphatic rings. The second kappa shape index (κ2) is 6.59. The average molecular weight is 339 g/mol. The molecule has 0 aliphatic carbocycles. The molecule has 1 aromatic heterocycles. The van der Waals surface area contributed by atoms with Crippen LogP contribution in [-0.2, 0) is 0 Å². The lowest BCUT2D eigenvalue weighted by molar-refractivity contribution is 0.0702. The third-order valence-corrected chi connectivity index (χ3v) is 4.12. The van der Waals surface area contributed by atoms with Crippen molar-refractivity contribution < 1.29 is 19.8 Å². The first kappa shape index (κ1) is 16.0. The summed E-state index contributed by atoms with van der Waals surface area (Å²) < 4.78 is 0. The lowest BCUT2D eigenvalue weighted by Gasteiger charge is -2.04. The predicted octanol–water partition coefficient (Wildman–Crippen LogP) is 2.96. The van der Waals surface area contributed by atoms with Gasteiger partial charge in [0.05, 0.1) is 16.2 Å². The Balaban J connectivity index is 2.14. The number of hydrogen-bond donors (Lipinski definition) is 3. The van der Waals surface area contributed by atoms with Crippen molar-refractivity contribution in [2.75, 3.05) is 0 Å². The number of amides is 1. The Kier molecular flexibility index (Phi) is 4.79. The van der Waals surface area contributed by atoms with Gasteiger partial charge in [0.25, 0.3) is 5.91 Å². The molecular weight excluding hydrogens is 328 g/mol. The van der Waals surface area contributed by atoms with Gasteiger partial charge in [0.1, 0.15) is 10.6 Å². The van der Waals surface area contributed by atoms with E-state index in [1.54, 1.807) is 13.0 Å². The zero-order valence-electron chi connectivity index (χ0n) is 11.3. The smallest absolute Gasteiger partial charge is 0.345 e. The topological polar surface area (TPSA) is 99.0 Å². The maximum Gasteiger partial charge on any atom is 0.345 e. The van der Waals surface area contributed by atoms with E-state index in [-0.39, 0.29) is 16.2 Å². The second-order valence-corrected chi connectivity index (χ2v) is 5.79. The van der Waals surface area contributed by atoms with Crippen LogP contribution in [0.5, 0.6) is 5.75 Å². The van der Waals surface area contributed by atoms with Gasteiger partial charge < -0.3 is 10.2 Å². The van der Waals surface area contributed by atoms with Gasteiger partial charge in [-0.15, -0.1) is 11.3 Å². The van der Waals surface area contributed by atoms with Crippen LogP contribution < -0.4 is 5.43 Å². The number of carbonyl (C=O) groups excluding carboxylic acids is 1. The van der Waals surface area contributed by atoms with Crippen molar-refractivity contribution in [1.29, 1.82) is 0 Å². The van der Waals surface area contributed by atoms with Crippen LogP contribution in [0, 0.1) is 0 Å². The summed E-state index contributed by atoms with van der Waals surface area (Å²) in [5, 5.41) is 22.7. The SMILES string of the molecule is C/C(=N/NC(=O)c1cc(Cl)ccc1O)c1ccc(C(=O)O)s1. The van der Waals surface area contributed by atoms with Crippen molar-refractivity contribution in [3.05, 3.63) is 50.7 Å². The first-order valence-corrected chi connectivity index (χ1v) is 7.24. The number of phenols is 1. The van der Waals surface area contributed by atoms with E-state index in [2.05, 4.69) is 10.5 Å². The van der Waals surface area contributed by atoms with E-state index in [1.165, 1.54) is 24.3 Å². The normalized spacial score (nSPS) is 11.3. The molecule has 22 heavy (non-hydrogen) atoms. The number of hydrogen-bond acceptors (Lipinski definition) is 5. The van der Waals surface area contributed by atoms with Crippen LogP contribution in [0.4, 0.5) is 0 Å². The van der Waals surface area contributed by atoms with Crippen LogP contribution in [0.25, 0.3) is 0 Å². The molecule has 0 atom stereocenters. The molecule has 0 saturated carbocycles. The maximum absolute atomic E-state index is 11.9. The van der Waals surface area contributed by atoms with Gasteiger partial charge >= 0.3 is 5.97 Å². The van der Waals surface area contributed by atoms with E-state index in [4.69, 9.17) is 16.7 Å². The number of hydrazone groups is 1. The van der Waals surface area contributed by atoms with E-state index in [0.29, 0.717) is 15.6 Å². The van der Waals surface area contributed by atoms with Gasteiger partial charge in [-0.05, 0) is 37.3 Å². The molecule has 0 spiro atoms. The number of rotatable bonds is 4. The molecule has 1 heterocycles. The summed E-state index contributed by atoms with van der Waals surface area (Å²) >= 11 is 6.82. The summed E-state index contributed by atoms with van der Waals surface area (Å²) in [6.45, 7) is 1.63. The molecule has 2 aromatic rings. The van der Waals surface area contributed by atoms with Gasteiger partial charge in [-0.2, -0.15) is 5.10 Å². The Morgan fingerprint density at radius 1 is 1.23 bits per heavy atom. The van der Waals surface area contributed by atoms with Crippen LogP contribution in [0.15, 0.2) is 35.4 Å². The molecule has 3 N–H and O–H groups in total. The molecule has 2 rings (SSSR count). The standard InChI is InChI=1S/C14H11ClN2O4S/c1-7(11-4-5-12(22-11)14(20)21)16-17-13(19)9-6-8(15)2-3-10(9)18/h2-6,18H,1H3,(H,17,19)(H,20,21)/b16-7-. The monoisotopic (exact) mass is 338 g/mol. The van der Waals surface area contributed by atoms with Crippen molar-refractivity contribution in [3.8, 4) is 5.75 Å². The molecule has 0 bridgehead atoms. The van der Waals surface area contributed by atoms with E-state index in [1.807, 2.05) is 0 Å². The minimum atomic E-state index is -1.02. The number of carbonyl (C=O) groups is 2. The molecule has 1 amide bonds. The largest absolute Gasteiger partial charge is 0.507 e. The highest BCUT2D eigenvalue weighted by Gasteiger charge is 2.12. The van der Waals surface area contributed by atoms with Crippen LogP contribution in [-0.4, -0.2) is 27.8 Å². The van der Waals surface area contributed by atoms with Crippen molar-refractivity contribution in [2.24, 2.45) is 5.10 Å². The molecule has 1 aromatic carbocycles. The second-order valence-electron chi connectivity index (χ2n) is 4.27. The molecule has 6 nitrogen and oxygen atoms in total. The van der Waals surface area contributed by atoms with Gasteiger partial charge in [0.2, 0.25) is 0 Å². The van der Waals surface area contributed by atoms with Gasteiger partial charge in [0, 0.05) is 5.02 Å². The van der Waals surface area contributed by atoms with Gasteiger partial charge in [-0.1, -0.05) is 11.6 Å². The van der Waals surface area contributed by atoms with Gasteiger partial charge in [-0.3, -0.25) is 4.79 Å². The van der Waals surface area contributed by atoms with Gasteiger partial charge in [-0.25, -0.2) is 10.2 Å². The first-order valence-electron chi connectivity index (χ1n) is 6.05. The molecule has 8 heteroatoms. The molecule has 0 saturated heterocycles. The first-order chi connectivity index (χ1) is 10.4. The number of carboxylic acid groups (broad SMARTS) is 1. The Hall–Kier alpha value is -2.38. The fraction of sp³-hybridized carbons (Fsp3) is 0.0714. The van der Waals surface area contributed by atoms with E-state index in [9.17, 15) is 14.7 Å². The van der Waals surface area contributed by atoms with Crippen molar-refractivity contribution in [3.63, 3.8) is 0 Å². The number of phenolic OH excluding ortho intramolecular Hbond substituents is 1. The van der Waals surface area contributed by atoms with Crippen molar-refractivity contribution in [1.82, 2.24) is 5.43 Å². The molecule has 0 aliphatic heterocycles. The molecule has 0 unspecified atom stereocenters. The summed E-state index contributed by atoms with van der Waals surface area (Å²) in [5.74, 6) is -1.84. The lowest BCUT2D eigenvalue weighted by Crippen LogP contribution is -2.19. The van der Waals surface area contributed by atoms with Crippen LogP contribution >= 0.6 is 22.9 Å².